The van der Waals surface area contributed by atoms with E-state index in [1.54, 1.807) is 11.3 Å². The Balaban J connectivity index is 1.79. The van der Waals surface area contributed by atoms with Crippen molar-refractivity contribution in [3.05, 3.63) is 22.4 Å². The Morgan fingerprint density at radius 1 is 1.63 bits per heavy atom. The molecule has 0 radical (unpaired) electrons. The predicted molar refractivity (Wildman–Crippen MR) is 77.6 cm³/mol. The molecular formula is C14H22N2O2S. The van der Waals surface area contributed by atoms with Gasteiger partial charge in [-0.25, -0.2) is 4.79 Å². The smallest absolute Gasteiger partial charge is 0.317 e. The van der Waals surface area contributed by atoms with Gasteiger partial charge in [0.2, 0.25) is 0 Å². The highest BCUT2D eigenvalue weighted by atomic mass is 32.1. The second-order valence-corrected chi connectivity index (χ2v) is 6.46. The number of rotatable bonds is 3. The first-order valence-corrected chi connectivity index (χ1v) is 7.62. The van der Waals surface area contributed by atoms with Gasteiger partial charge in [0.15, 0.2) is 0 Å². The van der Waals surface area contributed by atoms with E-state index in [0.717, 1.165) is 6.42 Å². The third kappa shape index (κ3) is 4.21. The van der Waals surface area contributed by atoms with E-state index < -0.39 is 0 Å². The Morgan fingerprint density at radius 2 is 2.42 bits per heavy atom. The number of ether oxygens (including phenoxy) is 1. The normalized spacial score (nSPS) is 22.3. The second-order valence-electron chi connectivity index (χ2n) is 5.68. The van der Waals surface area contributed by atoms with Gasteiger partial charge >= 0.3 is 6.03 Å². The Morgan fingerprint density at radius 3 is 3.05 bits per heavy atom. The third-order valence-electron chi connectivity index (χ3n) is 3.13. The molecule has 1 fully saturated rings. The molecule has 2 heterocycles. The van der Waals surface area contributed by atoms with Crippen molar-refractivity contribution in [3.8, 4) is 0 Å². The Labute approximate surface area is 118 Å². The lowest BCUT2D eigenvalue weighted by Crippen LogP contribution is -2.56. The zero-order valence-corrected chi connectivity index (χ0v) is 12.6. The lowest BCUT2D eigenvalue weighted by molar-refractivity contribution is -0.117. The number of morpholine rings is 1. The van der Waals surface area contributed by atoms with Crippen LogP contribution in [0.3, 0.4) is 0 Å². The quantitative estimate of drug-likeness (QED) is 0.925. The van der Waals surface area contributed by atoms with Crippen LogP contribution in [0.4, 0.5) is 4.79 Å². The standard InChI is InChI=1S/C14H22N2O2S/c1-11-8-16(10-14(2,3)18-11)13(17)15-6-4-12-5-7-19-9-12/h5,7,9,11H,4,6,8,10H2,1-3H3,(H,15,17)/t11-/m0/s1. The largest absolute Gasteiger partial charge is 0.369 e. The van der Waals surface area contributed by atoms with Crippen molar-refractivity contribution in [2.75, 3.05) is 19.6 Å². The minimum absolute atomic E-state index is 0.0125. The fraction of sp³-hybridized carbons (Fsp3) is 0.643. The third-order valence-corrected chi connectivity index (χ3v) is 3.86. The SMILES string of the molecule is C[C@H]1CN(C(=O)NCCc2ccsc2)CC(C)(C)O1. The summed E-state index contributed by atoms with van der Waals surface area (Å²) in [5.74, 6) is 0. The van der Waals surface area contributed by atoms with Gasteiger partial charge in [0.05, 0.1) is 18.2 Å². The average molecular weight is 282 g/mol. The Kier molecular flexibility index (Phi) is 4.47. The number of thiophene rings is 1. The van der Waals surface area contributed by atoms with Crippen molar-refractivity contribution in [1.29, 1.82) is 0 Å². The molecule has 1 aromatic heterocycles. The maximum absolute atomic E-state index is 12.1. The predicted octanol–water partition coefficient (Wildman–Crippen LogP) is 2.50. The molecule has 2 amide bonds. The number of urea groups is 1. The fourth-order valence-corrected chi connectivity index (χ4v) is 3.17. The van der Waals surface area contributed by atoms with Gasteiger partial charge in [0, 0.05) is 13.1 Å². The van der Waals surface area contributed by atoms with E-state index in [9.17, 15) is 4.79 Å². The summed E-state index contributed by atoms with van der Waals surface area (Å²) in [4.78, 5) is 14.0. The molecule has 1 saturated heterocycles. The lowest BCUT2D eigenvalue weighted by Gasteiger charge is -2.41. The molecule has 5 heteroatoms. The molecular weight excluding hydrogens is 260 g/mol. The molecule has 106 valence electrons. The summed E-state index contributed by atoms with van der Waals surface area (Å²) in [5.41, 5.74) is 1.02. The molecule has 4 nitrogen and oxygen atoms in total. The fourth-order valence-electron chi connectivity index (χ4n) is 2.47. The van der Waals surface area contributed by atoms with Crippen LogP contribution in [0.25, 0.3) is 0 Å². The molecule has 1 aliphatic rings. The molecule has 0 aromatic carbocycles. The lowest BCUT2D eigenvalue weighted by atomic mass is 10.1. The van der Waals surface area contributed by atoms with Crippen LogP contribution in [0, 0.1) is 0 Å². The minimum atomic E-state index is -0.262. The van der Waals surface area contributed by atoms with E-state index >= 15 is 0 Å². The minimum Gasteiger partial charge on any atom is -0.369 e. The van der Waals surface area contributed by atoms with Crippen molar-refractivity contribution >= 4 is 17.4 Å². The summed E-state index contributed by atoms with van der Waals surface area (Å²) in [6.07, 6.45) is 0.977. The highest BCUT2D eigenvalue weighted by Gasteiger charge is 2.33. The maximum atomic E-state index is 12.1. The van der Waals surface area contributed by atoms with E-state index in [4.69, 9.17) is 4.74 Å². The van der Waals surface area contributed by atoms with Gasteiger partial charge in [-0.05, 0) is 49.6 Å². The monoisotopic (exact) mass is 282 g/mol. The molecule has 0 aliphatic carbocycles. The molecule has 1 N–H and O–H groups in total. The highest BCUT2D eigenvalue weighted by molar-refractivity contribution is 7.07. The first-order chi connectivity index (χ1) is 8.96. The Hall–Kier alpha value is -1.07. The zero-order valence-electron chi connectivity index (χ0n) is 11.8. The van der Waals surface area contributed by atoms with Crippen molar-refractivity contribution < 1.29 is 9.53 Å². The molecule has 2 rings (SSSR count). The number of carbonyl (C=O) groups is 1. The molecule has 0 bridgehead atoms. The molecule has 1 aliphatic heterocycles. The van der Waals surface area contributed by atoms with Gasteiger partial charge in [-0.1, -0.05) is 0 Å². The number of amides is 2. The first kappa shape index (κ1) is 14.3. The van der Waals surface area contributed by atoms with Gasteiger partial charge in [0.1, 0.15) is 0 Å². The summed E-state index contributed by atoms with van der Waals surface area (Å²) in [7, 11) is 0. The van der Waals surface area contributed by atoms with Crippen LogP contribution in [0.15, 0.2) is 16.8 Å². The molecule has 0 spiro atoms. The van der Waals surface area contributed by atoms with Gasteiger partial charge in [-0.3, -0.25) is 0 Å². The van der Waals surface area contributed by atoms with Crippen LogP contribution >= 0.6 is 11.3 Å². The molecule has 19 heavy (non-hydrogen) atoms. The average Bonchev–Trinajstić information content (AvgIpc) is 2.79. The van der Waals surface area contributed by atoms with Crippen LogP contribution < -0.4 is 5.32 Å². The summed E-state index contributed by atoms with van der Waals surface area (Å²) in [6.45, 7) is 8.03. The van der Waals surface area contributed by atoms with Gasteiger partial charge in [-0.2, -0.15) is 11.3 Å². The molecule has 0 unspecified atom stereocenters. The van der Waals surface area contributed by atoms with Crippen molar-refractivity contribution in [2.24, 2.45) is 0 Å². The van der Waals surface area contributed by atoms with E-state index in [2.05, 4.69) is 22.1 Å². The molecule has 1 atom stereocenters. The van der Waals surface area contributed by atoms with E-state index in [1.165, 1.54) is 5.56 Å². The summed E-state index contributed by atoms with van der Waals surface area (Å²) in [5, 5.41) is 7.16. The number of carbonyl (C=O) groups excluding carboxylic acids is 1. The maximum Gasteiger partial charge on any atom is 0.317 e. The van der Waals surface area contributed by atoms with Crippen LogP contribution in [-0.4, -0.2) is 42.3 Å². The van der Waals surface area contributed by atoms with Crippen LogP contribution in [-0.2, 0) is 11.2 Å². The van der Waals surface area contributed by atoms with Gasteiger partial charge < -0.3 is 15.0 Å². The van der Waals surface area contributed by atoms with Crippen molar-refractivity contribution in [2.45, 2.75) is 38.9 Å². The number of nitrogens with one attached hydrogen (secondary N) is 1. The van der Waals surface area contributed by atoms with E-state index in [0.29, 0.717) is 19.6 Å². The molecule has 1 aromatic rings. The van der Waals surface area contributed by atoms with E-state index in [-0.39, 0.29) is 17.7 Å². The van der Waals surface area contributed by atoms with E-state index in [1.807, 2.05) is 25.7 Å². The topological polar surface area (TPSA) is 41.6 Å². The summed E-state index contributed by atoms with van der Waals surface area (Å²) < 4.78 is 5.80. The molecule has 0 saturated carbocycles. The second kappa shape index (κ2) is 5.92. The van der Waals surface area contributed by atoms with Crippen molar-refractivity contribution in [1.82, 2.24) is 10.2 Å². The summed E-state index contributed by atoms with van der Waals surface area (Å²) >= 11 is 1.69. The van der Waals surface area contributed by atoms with Crippen LogP contribution in [0.1, 0.15) is 26.3 Å². The van der Waals surface area contributed by atoms with Crippen LogP contribution in [0.2, 0.25) is 0 Å². The summed E-state index contributed by atoms with van der Waals surface area (Å²) in [6, 6.07) is 2.11. The van der Waals surface area contributed by atoms with Gasteiger partial charge in [0.25, 0.3) is 0 Å². The highest BCUT2D eigenvalue weighted by Crippen LogP contribution is 2.20. The Bertz CT molecular complexity index is 417. The number of nitrogens with zero attached hydrogens (tertiary/aromatic N) is 1. The van der Waals surface area contributed by atoms with Crippen LogP contribution in [0.5, 0.6) is 0 Å². The first-order valence-electron chi connectivity index (χ1n) is 6.68. The zero-order chi connectivity index (χ0) is 13.9. The number of hydrogen-bond donors (Lipinski definition) is 1. The van der Waals surface area contributed by atoms with Gasteiger partial charge in [-0.15, -0.1) is 0 Å². The number of hydrogen-bond acceptors (Lipinski definition) is 3. The van der Waals surface area contributed by atoms with Crippen molar-refractivity contribution in [3.63, 3.8) is 0 Å².